The summed E-state index contributed by atoms with van der Waals surface area (Å²) in [4.78, 5) is 26.1. The number of alkyl halides is 3. The third-order valence-corrected chi connectivity index (χ3v) is 6.35. The number of hydrogen-bond acceptors (Lipinski definition) is 2. The fourth-order valence-corrected chi connectivity index (χ4v) is 4.12. The van der Waals surface area contributed by atoms with E-state index in [9.17, 15) is 27.2 Å². The molecular formula is C19H22ClF4N3O2. The average Bonchev–Trinajstić information content (AvgIpc) is 2.56. The Morgan fingerprint density at radius 2 is 1.93 bits per heavy atom. The molecule has 10 heteroatoms. The van der Waals surface area contributed by atoms with Crippen LogP contribution in [0, 0.1) is 17.7 Å². The monoisotopic (exact) mass is 435 g/mol. The van der Waals surface area contributed by atoms with Gasteiger partial charge in [-0.15, -0.1) is 0 Å². The van der Waals surface area contributed by atoms with Crippen molar-refractivity contribution in [1.82, 2.24) is 15.5 Å². The summed E-state index contributed by atoms with van der Waals surface area (Å²) < 4.78 is 52.7. The van der Waals surface area contributed by atoms with Crippen LogP contribution in [0.5, 0.6) is 0 Å². The van der Waals surface area contributed by atoms with Gasteiger partial charge in [-0.05, 0) is 50.3 Å². The average molecular weight is 436 g/mol. The third kappa shape index (κ3) is 4.15. The second kappa shape index (κ2) is 7.66. The molecule has 0 bridgehead atoms. The van der Waals surface area contributed by atoms with Gasteiger partial charge in [0.25, 0.3) is 0 Å². The third-order valence-electron chi connectivity index (χ3n) is 6.06. The van der Waals surface area contributed by atoms with Crippen molar-refractivity contribution in [2.75, 3.05) is 13.1 Å². The van der Waals surface area contributed by atoms with E-state index in [0.29, 0.717) is 5.56 Å². The van der Waals surface area contributed by atoms with Crippen LogP contribution in [0.25, 0.3) is 0 Å². The van der Waals surface area contributed by atoms with Crippen molar-refractivity contribution in [3.8, 4) is 0 Å². The number of hydrogen-bond donors (Lipinski definition) is 2. The summed E-state index contributed by atoms with van der Waals surface area (Å²) in [7, 11) is 0. The van der Waals surface area contributed by atoms with Crippen LogP contribution in [0.15, 0.2) is 18.2 Å². The number of carbonyl (C=O) groups excluding carboxylic acids is 2. The zero-order chi connectivity index (χ0) is 21.6. The molecule has 3 rings (SSSR count). The van der Waals surface area contributed by atoms with Gasteiger partial charge in [0.1, 0.15) is 11.9 Å². The largest absolute Gasteiger partial charge is 0.391 e. The van der Waals surface area contributed by atoms with E-state index in [1.807, 2.05) is 0 Å². The zero-order valence-corrected chi connectivity index (χ0v) is 16.7. The van der Waals surface area contributed by atoms with Crippen molar-refractivity contribution in [3.05, 3.63) is 34.6 Å². The number of urea groups is 1. The molecule has 160 valence electrons. The van der Waals surface area contributed by atoms with Crippen LogP contribution in [-0.2, 0) is 10.3 Å². The summed E-state index contributed by atoms with van der Waals surface area (Å²) in [6, 6.07) is 2.58. The van der Waals surface area contributed by atoms with Crippen molar-refractivity contribution in [3.63, 3.8) is 0 Å². The van der Waals surface area contributed by atoms with Crippen LogP contribution in [0.1, 0.15) is 32.3 Å². The number of piperazine rings is 1. The Bertz CT molecular complexity index is 813. The summed E-state index contributed by atoms with van der Waals surface area (Å²) in [5, 5.41) is 5.28. The number of rotatable bonds is 3. The molecule has 1 heterocycles. The molecule has 1 aliphatic heterocycles. The van der Waals surface area contributed by atoms with Gasteiger partial charge >= 0.3 is 12.2 Å². The van der Waals surface area contributed by atoms with Crippen molar-refractivity contribution < 1.29 is 27.2 Å². The summed E-state index contributed by atoms with van der Waals surface area (Å²) in [5.74, 6) is -2.93. The van der Waals surface area contributed by atoms with Crippen molar-refractivity contribution in [2.24, 2.45) is 11.8 Å². The topological polar surface area (TPSA) is 61.4 Å². The summed E-state index contributed by atoms with van der Waals surface area (Å²) in [6.45, 7) is 3.74. The highest BCUT2D eigenvalue weighted by Gasteiger charge is 2.54. The zero-order valence-electron chi connectivity index (χ0n) is 15.9. The van der Waals surface area contributed by atoms with E-state index >= 15 is 0 Å². The molecule has 2 fully saturated rings. The maximum absolute atomic E-state index is 13.6. The molecule has 2 aliphatic rings. The summed E-state index contributed by atoms with van der Waals surface area (Å²) in [6.07, 6.45) is -4.63. The summed E-state index contributed by atoms with van der Waals surface area (Å²) in [5.41, 5.74) is -0.791. The lowest BCUT2D eigenvalue weighted by Crippen LogP contribution is -2.62. The van der Waals surface area contributed by atoms with E-state index in [1.165, 1.54) is 17.0 Å². The first-order chi connectivity index (χ1) is 13.4. The molecule has 2 N–H and O–H groups in total. The highest BCUT2D eigenvalue weighted by atomic mass is 35.5. The minimum atomic E-state index is -4.30. The lowest BCUT2D eigenvalue weighted by molar-refractivity contribution is -0.210. The number of amides is 3. The SMILES string of the molecule is C[C@@H]1C(=O)NCCN1C(=O)N[C@@](C)(c1ccc(F)c(Cl)c1)[C@H]1C[C@@H](C(F)(F)F)C1. The number of carbonyl (C=O) groups is 2. The summed E-state index contributed by atoms with van der Waals surface area (Å²) >= 11 is 5.88. The molecule has 0 aromatic heterocycles. The molecular weight excluding hydrogens is 414 g/mol. The second-order valence-corrected chi connectivity index (χ2v) is 8.24. The number of halogens is 5. The molecule has 5 nitrogen and oxygen atoms in total. The van der Waals surface area contributed by atoms with Crippen LogP contribution >= 0.6 is 11.6 Å². The first-order valence-corrected chi connectivity index (χ1v) is 9.70. The molecule has 0 unspecified atom stereocenters. The van der Waals surface area contributed by atoms with Crippen LogP contribution < -0.4 is 10.6 Å². The van der Waals surface area contributed by atoms with Gasteiger partial charge < -0.3 is 15.5 Å². The Morgan fingerprint density at radius 1 is 1.28 bits per heavy atom. The highest BCUT2D eigenvalue weighted by Crippen LogP contribution is 2.52. The Labute approximate surface area is 170 Å². The lowest BCUT2D eigenvalue weighted by Gasteiger charge is -2.49. The molecule has 0 radical (unpaired) electrons. The Kier molecular flexibility index (Phi) is 5.73. The molecule has 3 amide bonds. The van der Waals surface area contributed by atoms with Gasteiger partial charge in [-0.3, -0.25) is 4.79 Å². The van der Waals surface area contributed by atoms with Crippen LogP contribution in [-0.4, -0.2) is 42.1 Å². The molecule has 1 saturated heterocycles. The van der Waals surface area contributed by atoms with Crippen molar-refractivity contribution in [1.29, 1.82) is 0 Å². The maximum atomic E-state index is 13.6. The van der Waals surface area contributed by atoms with Gasteiger partial charge in [0.2, 0.25) is 5.91 Å². The van der Waals surface area contributed by atoms with Crippen LogP contribution in [0.2, 0.25) is 5.02 Å². The van der Waals surface area contributed by atoms with Crippen molar-refractivity contribution >= 4 is 23.5 Å². The van der Waals surface area contributed by atoms with E-state index in [1.54, 1.807) is 13.8 Å². The predicted molar refractivity (Wildman–Crippen MR) is 98.7 cm³/mol. The van der Waals surface area contributed by atoms with Crippen LogP contribution in [0.4, 0.5) is 22.4 Å². The molecule has 1 aliphatic carbocycles. The smallest absolute Gasteiger partial charge is 0.353 e. The van der Waals surface area contributed by atoms with Gasteiger partial charge in [-0.2, -0.15) is 13.2 Å². The Balaban J connectivity index is 1.88. The fraction of sp³-hybridized carbons (Fsp3) is 0.579. The quantitative estimate of drug-likeness (QED) is 0.709. The van der Waals surface area contributed by atoms with Gasteiger partial charge in [-0.25, -0.2) is 9.18 Å². The number of nitrogens with one attached hydrogen (secondary N) is 2. The minimum Gasteiger partial charge on any atom is -0.353 e. The van der Waals surface area contributed by atoms with E-state index in [4.69, 9.17) is 11.6 Å². The normalized spacial score (nSPS) is 26.9. The van der Waals surface area contributed by atoms with Gasteiger partial charge in [0.05, 0.1) is 16.5 Å². The number of nitrogens with zero attached hydrogens (tertiary/aromatic N) is 1. The molecule has 2 atom stereocenters. The minimum absolute atomic E-state index is 0.161. The van der Waals surface area contributed by atoms with Gasteiger partial charge in [-0.1, -0.05) is 17.7 Å². The maximum Gasteiger partial charge on any atom is 0.391 e. The van der Waals surface area contributed by atoms with E-state index in [2.05, 4.69) is 10.6 Å². The first-order valence-electron chi connectivity index (χ1n) is 9.32. The molecule has 29 heavy (non-hydrogen) atoms. The first kappa shape index (κ1) is 21.7. The fourth-order valence-electron chi connectivity index (χ4n) is 3.94. The molecule has 1 aromatic carbocycles. The van der Waals surface area contributed by atoms with E-state index in [0.717, 1.165) is 6.07 Å². The van der Waals surface area contributed by atoms with Gasteiger partial charge in [0.15, 0.2) is 0 Å². The van der Waals surface area contributed by atoms with E-state index < -0.39 is 41.4 Å². The Hall–Kier alpha value is -2.03. The van der Waals surface area contributed by atoms with Crippen molar-refractivity contribution in [2.45, 2.75) is 44.4 Å². The predicted octanol–water partition coefficient (Wildman–Crippen LogP) is 3.81. The number of benzene rings is 1. The highest BCUT2D eigenvalue weighted by molar-refractivity contribution is 6.30. The lowest BCUT2D eigenvalue weighted by atomic mass is 9.63. The van der Waals surface area contributed by atoms with Crippen LogP contribution in [0.3, 0.4) is 0 Å². The standard InChI is InChI=1S/C19H22ClF4N3O2/c1-10-16(28)25-5-6-27(10)17(29)26-18(2,11-3-4-15(21)14(20)9-11)12-7-13(8-12)19(22,23)24/h3-4,9-10,12-13H,5-8H2,1-2H3,(H,25,28)(H,26,29)/t10-,12-,13+,18+/m1/s1. The molecule has 1 aromatic rings. The second-order valence-electron chi connectivity index (χ2n) is 7.83. The Morgan fingerprint density at radius 3 is 2.52 bits per heavy atom. The van der Waals surface area contributed by atoms with E-state index in [-0.39, 0.29) is 36.9 Å². The van der Waals surface area contributed by atoms with Gasteiger partial charge in [0, 0.05) is 13.1 Å². The molecule has 1 saturated carbocycles. The molecule has 0 spiro atoms.